The SMILES string of the molecule is Cc1ccsc1C(=O)Nc1cn2nc(Sc3nccn3C)ccc2n1. The maximum Gasteiger partial charge on any atom is 0.267 e. The van der Waals surface area contributed by atoms with Crippen LogP contribution in [-0.4, -0.2) is 30.1 Å². The molecule has 126 valence electrons. The van der Waals surface area contributed by atoms with E-state index in [0.717, 1.165) is 15.7 Å². The third-order valence-corrected chi connectivity index (χ3v) is 5.60. The summed E-state index contributed by atoms with van der Waals surface area (Å²) in [5.41, 5.74) is 1.63. The Morgan fingerprint density at radius 1 is 1.32 bits per heavy atom. The van der Waals surface area contributed by atoms with Crippen molar-refractivity contribution < 1.29 is 4.79 Å². The Balaban J connectivity index is 1.57. The summed E-state index contributed by atoms with van der Waals surface area (Å²) in [4.78, 5) is 21.7. The summed E-state index contributed by atoms with van der Waals surface area (Å²) < 4.78 is 3.58. The molecule has 0 saturated carbocycles. The van der Waals surface area contributed by atoms with Crippen LogP contribution < -0.4 is 5.32 Å². The number of aromatic nitrogens is 5. The topological polar surface area (TPSA) is 77.1 Å². The number of aryl methyl sites for hydroxylation is 2. The zero-order valence-electron chi connectivity index (χ0n) is 13.5. The molecule has 0 aliphatic heterocycles. The number of anilines is 1. The number of hydrogen-bond acceptors (Lipinski definition) is 6. The van der Waals surface area contributed by atoms with Crippen LogP contribution in [0.15, 0.2) is 52.4 Å². The number of hydrogen-bond donors (Lipinski definition) is 1. The van der Waals surface area contributed by atoms with Gasteiger partial charge in [0, 0.05) is 19.4 Å². The molecule has 0 saturated heterocycles. The first-order valence-electron chi connectivity index (χ1n) is 7.47. The van der Waals surface area contributed by atoms with Crippen LogP contribution in [0.25, 0.3) is 5.65 Å². The van der Waals surface area contributed by atoms with Gasteiger partial charge in [-0.05, 0) is 47.8 Å². The van der Waals surface area contributed by atoms with Crippen LogP contribution in [-0.2, 0) is 7.05 Å². The van der Waals surface area contributed by atoms with E-state index in [1.807, 2.05) is 48.3 Å². The first kappa shape index (κ1) is 15.9. The number of amides is 1. The van der Waals surface area contributed by atoms with Crippen LogP contribution in [0.4, 0.5) is 5.82 Å². The molecule has 0 aliphatic carbocycles. The fraction of sp³-hybridized carbons (Fsp3) is 0.125. The van der Waals surface area contributed by atoms with Crippen molar-refractivity contribution in [3.05, 3.63) is 52.6 Å². The van der Waals surface area contributed by atoms with E-state index in [9.17, 15) is 4.79 Å². The zero-order valence-corrected chi connectivity index (χ0v) is 15.1. The molecular formula is C16H14N6OS2. The van der Waals surface area contributed by atoms with Gasteiger partial charge in [0.2, 0.25) is 0 Å². The van der Waals surface area contributed by atoms with E-state index in [-0.39, 0.29) is 5.91 Å². The maximum atomic E-state index is 12.3. The minimum absolute atomic E-state index is 0.154. The molecule has 7 nitrogen and oxygen atoms in total. The molecule has 4 aromatic heterocycles. The molecule has 4 rings (SSSR count). The quantitative estimate of drug-likeness (QED) is 0.597. The van der Waals surface area contributed by atoms with Crippen LogP contribution in [0.1, 0.15) is 15.2 Å². The van der Waals surface area contributed by atoms with Crippen molar-refractivity contribution in [1.29, 1.82) is 0 Å². The number of nitrogens with one attached hydrogen (secondary N) is 1. The third-order valence-electron chi connectivity index (χ3n) is 3.58. The number of carbonyl (C=O) groups excluding carboxylic acids is 1. The first-order chi connectivity index (χ1) is 12.1. The Morgan fingerprint density at radius 2 is 2.20 bits per heavy atom. The van der Waals surface area contributed by atoms with Gasteiger partial charge in [0.15, 0.2) is 16.6 Å². The van der Waals surface area contributed by atoms with E-state index in [1.165, 1.54) is 23.1 Å². The van der Waals surface area contributed by atoms with Gasteiger partial charge in [-0.2, -0.15) is 5.10 Å². The number of thiophene rings is 1. The number of rotatable bonds is 4. The Hall–Kier alpha value is -2.65. The van der Waals surface area contributed by atoms with Crippen LogP contribution >= 0.6 is 23.1 Å². The van der Waals surface area contributed by atoms with Crippen LogP contribution in [0, 0.1) is 6.92 Å². The summed E-state index contributed by atoms with van der Waals surface area (Å²) >= 11 is 2.88. The van der Waals surface area contributed by atoms with Gasteiger partial charge >= 0.3 is 0 Å². The molecule has 4 aromatic rings. The third kappa shape index (κ3) is 3.15. The lowest BCUT2D eigenvalue weighted by Gasteiger charge is -2.01. The van der Waals surface area contributed by atoms with Crippen LogP contribution in [0.5, 0.6) is 0 Å². The van der Waals surface area contributed by atoms with Gasteiger partial charge in [-0.15, -0.1) is 11.3 Å². The van der Waals surface area contributed by atoms with Crippen molar-refractivity contribution >= 4 is 40.5 Å². The Bertz CT molecular complexity index is 1060. The van der Waals surface area contributed by atoms with Gasteiger partial charge in [-0.3, -0.25) is 4.79 Å². The van der Waals surface area contributed by atoms with Gasteiger partial charge in [0.25, 0.3) is 5.91 Å². The van der Waals surface area contributed by atoms with Gasteiger partial charge in [0.05, 0.1) is 11.1 Å². The summed E-state index contributed by atoms with van der Waals surface area (Å²) in [6.07, 6.45) is 5.34. The summed E-state index contributed by atoms with van der Waals surface area (Å²) in [7, 11) is 1.94. The largest absolute Gasteiger partial charge is 0.329 e. The van der Waals surface area contributed by atoms with E-state index >= 15 is 0 Å². The zero-order chi connectivity index (χ0) is 17.4. The lowest BCUT2D eigenvalue weighted by atomic mass is 10.3. The number of nitrogens with zero attached hydrogens (tertiary/aromatic N) is 5. The molecule has 0 fully saturated rings. The fourth-order valence-corrected chi connectivity index (χ4v) is 3.89. The molecule has 0 radical (unpaired) electrons. The number of carbonyl (C=O) groups is 1. The van der Waals surface area contributed by atoms with E-state index in [0.29, 0.717) is 16.3 Å². The molecule has 25 heavy (non-hydrogen) atoms. The first-order valence-corrected chi connectivity index (χ1v) is 9.17. The lowest BCUT2D eigenvalue weighted by Crippen LogP contribution is -2.11. The highest BCUT2D eigenvalue weighted by Crippen LogP contribution is 2.24. The fourth-order valence-electron chi connectivity index (χ4n) is 2.30. The van der Waals surface area contributed by atoms with E-state index < -0.39 is 0 Å². The van der Waals surface area contributed by atoms with Crippen molar-refractivity contribution in [2.45, 2.75) is 17.1 Å². The van der Waals surface area contributed by atoms with Gasteiger partial charge in [-0.25, -0.2) is 14.5 Å². The van der Waals surface area contributed by atoms with Crippen LogP contribution in [0.2, 0.25) is 0 Å². The molecule has 1 N–H and O–H groups in total. The second-order valence-corrected chi connectivity index (χ2v) is 7.31. The number of fused-ring (bicyclic) bond motifs is 1. The molecule has 1 amide bonds. The summed E-state index contributed by atoms with van der Waals surface area (Å²) in [6.45, 7) is 1.91. The average Bonchev–Trinajstić information content (AvgIpc) is 3.28. The predicted molar refractivity (Wildman–Crippen MR) is 97.3 cm³/mol. The molecule has 0 unspecified atom stereocenters. The van der Waals surface area contributed by atoms with E-state index in [2.05, 4.69) is 20.4 Å². The van der Waals surface area contributed by atoms with E-state index in [1.54, 1.807) is 16.9 Å². The summed E-state index contributed by atoms with van der Waals surface area (Å²) in [5, 5.41) is 10.9. The van der Waals surface area contributed by atoms with Crippen molar-refractivity contribution in [3.63, 3.8) is 0 Å². The minimum atomic E-state index is -0.154. The van der Waals surface area contributed by atoms with Crippen molar-refractivity contribution in [2.24, 2.45) is 7.05 Å². The molecule has 4 heterocycles. The monoisotopic (exact) mass is 370 g/mol. The smallest absolute Gasteiger partial charge is 0.267 e. The van der Waals surface area contributed by atoms with E-state index in [4.69, 9.17) is 0 Å². The molecule has 0 aliphatic rings. The van der Waals surface area contributed by atoms with Crippen molar-refractivity contribution in [1.82, 2.24) is 24.1 Å². The minimum Gasteiger partial charge on any atom is -0.329 e. The highest BCUT2D eigenvalue weighted by atomic mass is 32.2. The van der Waals surface area contributed by atoms with Gasteiger partial charge in [0.1, 0.15) is 5.03 Å². The summed E-state index contributed by atoms with van der Waals surface area (Å²) in [5.74, 6) is 0.322. The van der Waals surface area contributed by atoms with Crippen molar-refractivity contribution in [2.75, 3.05) is 5.32 Å². The Labute approximate surface area is 151 Å². The molecule has 0 aromatic carbocycles. The Morgan fingerprint density at radius 3 is 2.92 bits per heavy atom. The lowest BCUT2D eigenvalue weighted by molar-refractivity contribution is 0.102. The maximum absolute atomic E-state index is 12.3. The molecule has 9 heteroatoms. The second-order valence-electron chi connectivity index (χ2n) is 5.41. The highest BCUT2D eigenvalue weighted by molar-refractivity contribution is 7.99. The molecule has 0 spiro atoms. The second kappa shape index (κ2) is 6.34. The molecular weight excluding hydrogens is 356 g/mol. The van der Waals surface area contributed by atoms with Crippen LogP contribution in [0.3, 0.4) is 0 Å². The Kier molecular flexibility index (Phi) is 4.02. The normalized spacial score (nSPS) is 11.1. The van der Waals surface area contributed by atoms with Gasteiger partial charge < -0.3 is 9.88 Å². The molecule has 0 bridgehead atoms. The number of imidazole rings is 2. The predicted octanol–water partition coefficient (Wildman–Crippen LogP) is 3.24. The van der Waals surface area contributed by atoms with Gasteiger partial charge in [-0.1, -0.05) is 0 Å². The van der Waals surface area contributed by atoms with Crippen molar-refractivity contribution in [3.8, 4) is 0 Å². The summed E-state index contributed by atoms with van der Waals surface area (Å²) in [6, 6.07) is 5.67. The standard InChI is InChI=1S/C16H14N6OS2/c1-10-5-8-24-14(10)15(23)19-11-9-22-12(18-11)3-4-13(20-22)25-16-17-6-7-21(16)2/h3-9H,1-2H3,(H,19,23). The highest BCUT2D eigenvalue weighted by Gasteiger charge is 2.13. The molecule has 0 atom stereocenters. The average molecular weight is 370 g/mol.